The van der Waals surface area contributed by atoms with Gasteiger partial charge in [-0.05, 0) is 85.1 Å². The summed E-state index contributed by atoms with van der Waals surface area (Å²) in [5.41, 5.74) is 0.907. The van der Waals surface area contributed by atoms with Gasteiger partial charge >= 0.3 is 6.61 Å². The molecule has 0 N–H and O–H groups in total. The molecule has 4 unspecified atom stereocenters. The van der Waals surface area contributed by atoms with Crippen molar-refractivity contribution in [2.24, 2.45) is 17.8 Å². The zero-order valence-electron chi connectivity index (χ0n) is 20.3. The van der Waals surface area contributed by atoms with Crippen LogP contribution in [0.2, 0.25) is 0 Å². The summed E-state index contributed by atoms with van der Waals surface area (Å²) in [7, 11) is 0. The average Bonchev–Trinajstić information content (AvgIpc) is 2.83. The quantitative estimate of drug-likeness (QED) is 0.249. The highest BCUT2D eigenvalue weighted by molar-refractivity contribution is 5.66. The number of rotatable bonds is 9. The third-order valence-electron chi connectivity index (χ3n) is 8.17. The lowest BCUT2D eigenvalue weighted by Gasteiger charge is -2.42. The van der Waals surface area contributed by atoms with Crippen molar-refractivity contribution < 1.29 is 26.7 Å². The summed E-state index contributed by atoms with van der Waals surface area (Å²) in [6.45, 7) is -1.11. The fourth-order valence-corrected chi connectivity index (χ4v) is 6.35. The molecule has 2 aromatic carbocycles. The number of hydrogen-bond acceptors (Lipinski definition) is 1. The van der Waals surface area contributed by atoms with Gasteiger partial charge in [0.1, 0.15) is 5.82 Å². The van der Waals surface area contributed by atoms with E-state index in [1.807, 2.05) is 6.07 Å². The predicted molar refractivity (Wildman–Crippen MR) is 128 cm³/mol. The number of fused-ring (bicyclic) bond motifs is 1. The van der Waals surface area contributed by atoms with E-state index in [0.717, 1.165) is 42.4 Å². The van der Waals surface area contributed by atoms with E-state index in [2.05, 4.69) is 11.7 Å². The molecule has 4 rings (SSSR count). The van der Waals surface area contributed by atoms with Gasteiger partial charge in [0.15, 0.2) is 17.4 Å². The molecule has 1 nitrogen and oxygen atoms in total. The molecule has 0 aliphatic heterocycles. The number of halogens is 5. The van der Waals surface area contributed by atoms with Crippen molar-refractivity contribution in [2.45, 2.75) is 90.1 Å². The molecule has 0 aromatic heterocycles. The third-order valence-corrected chi connectivity index (χ3v) is 8.17. The summed E-state index contributed by atoms with van der Waals surface area (Å²) < 4.78 is 71.9. The van der Waals surface area contributed by atoms with Crippen molar-refractivity contribution in [3.63, 3.8) is 0 Å². The van der Waals surface area contributed by atoms with Crippen molar-refractivity contribution in [1.82, 2.24) is 0 Å². The monoisotopic (exact) mass is 494 g/mol. The van der Waals surface area contributed by atoms with Crippen LogP contribution in [-0.2, 0) is 0 Å². The standard InChI is InChI=1S/C29H35F5O/c1-2-3-4-5-6-18-7-8-20-14-21(10-9-19(20)13-18)22-11-12-24(25(30)15-22)23-16-26(31)28(27(32)17-23)35-29(33)34/h11-12,15-21,29H,2-10,13-14H2,1H3. The third kappa shape index (κ3) is 6.37. The number of alkyl halides is 2. The molecule has 0 spiro atoms. The number of hydrogen-bond donors (Lipinski definition) is 0. The molecule has 2 aliphatic rings. The van der Waals surface area contributed by atoms with Gasteiger partial charge in [-0.2, -0.15) is 8.78 Å². The Kier molecular flexibility index (Phi) is 8.72. The van der Waals surface area contributed by atoms with Crippen LogP contribution in [0.15, 0.2) is 30.3 Å². The van der Waals surface area contributed by atoms with Crippen molar-refractivity contribution >= 4 is 0 Å². The summed E-state index contributed by atoms with van der Waals surface area (Å²) in [5.74, 6) is -1.69. The normalized spacial score (nSPS) is 24.4. The van der Waals surface area contributed by atoms with Crippen molar-refractivity contribution in [3.05, 3.63) is 53.3 Å². The fourth-order valence-electron chi connectivity index (χ4n) is 6.35. The van der Waals surface area contributed by atoms with E-state index in [1.165, 1.54) is 69.9 Å². The van der Waals surface area contributed by atoms with Crippen molar-refractivity contribution in [3.8, 4) is 16.9 Å². The molecular formula is C29H35F5O. The van der Waals surface area contributed by atoms with Crippen LogP contribution >= 0.6 is 0 Å². The van der Waals surface area contributed by atoms with Gasteiger partial charge in [0, 0.05) is 5.56 Å². The number of unbranched alkanes of at least 4 members (excludes halogenated alkanes) is 3. The van der Waals surface area contributed by atoms with E-state index in [0.29, 0.717) is 5.92 Å². The molecule has 2 fully saturated rings. The predicted octanol–water partition coefficient (Wildman–Crippen LogP) is 9.64. The molecule has 0 saturated heterocycles. The van der Waals surface area contributed by atoms with Crippen LogP contribution in [0.1, 0.15) is 89.0 Å². The first-order valence-corrected chi connectivity index (χ1v) is 13.1. The van der Waals surface area contributed by atoms with Gasteiger partial charge in [-0.3, -0.25) is 0 Å². The molecule has 192 valence electrons. The average molecular weight is 495 g/mol. The largest absolute Gasteiger partial charge is 0.429 e. The summed E-state index contributed by atoms with van der Waals surface area (Å²) in [6, 6.07) is 6.49. The Morgan fingerprint density at radius 3 is 2.23 bits per heavy atom. The highest BCUT2D eigenvalue weighted by atomic mass is 19.3. The lowest BCUT2D eigenvalue weighted by molar-refractivity contribution is -0.0546. The van der Waals surface area contributed by atoms with Crippen LogP contribution in [-0.4, -0.2) is 6.61 Å². The summed E-state index contributed by atoms with van der Waals surface area (Å²) in [4.78, 5) is 0. The molecule has 35 heavy (non-hydrogen) atoms. The van der Waals surface area contributed by atoms with Gasteiger partial charge in [0.05, 0.1) is 0 Å². The molecular weight excluding hydrogens is 459 g/mol. The smallest absolute Gasteiger partial charge is 0.387 e. The van der Waals surface area contributed by atoms with E-state index in [-0.39, 0.29) is 17.0 Å². The Morgan fingerprint density at radius 1 is 0.829 bits per heavy atom. The first-order chi connectivity index (χ1) is 16.9. The molecule has 0 bridgehead atoms. The molecule has 4 atom stereocenters. The van der Waals surface area contributed by atoms with Crippen molar-refractivity contribution in [1.29, 1.82) is 0 Å². The molecule has 0 amide bonds. The first-order valence-electron chi connectivity index (χ1n) is 13.1. The SMILES string of the molecule is CCCCCCC1CCC2CC(c3ccc(-c4cc(F)c(OC(F)F)c(F)c4)c(F)c3)CCC2C1. The zero-order valence-corrected chi connectivity index (χ0v) is 20.3. The summed E-state index contributed by atoms with van der Waals surface area (Å²) in [5, 5.41) is 0. The van der Waals surface area contributed by atoms with E-state index in [9.17, 15) is 17.6 Å². The van der Waals surface area contributed by atoms with Gasteiger partial charge in [0.25, 0.3) is 0 Å². The Bertz CT molecular complexity index is 968. The Morgan fingerprint density at radius 2 is 1.54 bits per heavy atom. The molecule has 2 saturated carbocycles. The first kappa shape index (κ1) is 26.0. The van der Waals surface area contributed by atoms with Gasteiger partial charge in [0.2, 0.25) is 0 Å². The van der Waals surface area contributed by atoms with E-state index < -0.39 is 29.8 Å². The molecule has 0 heterocycles. The molecule has 0 radical (unpaired) electrons. The van der Waals surface area contributed by atoms with Gasteiger partial charge in [-0.1, -0.05) is 57.6 Å². The van der Waals surface area contributed by atoms with E-state index in [1.54, 1.807) is 0 Å². The second-order valence-electron chi connectivity index (χ2n) is 10.4. The van der Waals surface area contributed by atoms with Gasteiger partial charge < -0.3 is 4.74 Å². The van der Waals surface area contributed by atoms with Gasteiger partial charge in [-0.25, -0.2) is 13.2 Å². The maximum absolute atomic E-state index is 15.0. The Labute approximate surface area is 205 Å². The highest BCUT2D eigenvalue weighted by Crippen LogP contribution is 2.48. The van der Waals surface area contributed by atoms with Crippen molar-refractivity contribution in [2.75, 3.05) is 0 Å². The molecule has 6 heteroatoms. The molecule has 2 aromatic rings. The van der Waals surface area contributed by atoms with Crippen LogP contribution in [0.3, 0.4) is 0 Å². The summed E-state index contributed by atoms with van der Waals surface area (Å²) in [6.07, 6.45) is 13.8. The summed E-state index contributed by atoms with van der Waals surface area (Å²) >= 11 is 0. The van der Waals surface area contributed by atoms with Crippen LogP contribution in [0.5, 0.6) is 5.75 Å². The lowest BCUT2D eigenvalue weighted by atomic mass is 9.63. The van der Waals surface area contributed by atoms with E-state index in [4.69, 9.17) is 0 Å². The maximum Gasteiger partial charge on any atom is 0.387 e. The Hall–Kier alpha value is -2.11. The second kappa shape index (κ2) is 11.7. The van der Waals surface area contributed by atoms with E-state index >= 15 is 4.39 Å². The Balaban J connectivity index is 1.39. The minimum absolute atomic E-state index is 0.0346. The minimum Gasteiger partial charge on any atom is -0.429 e. The number of ether oxygens (including phenoxy) is 1. The zero-order chi connectivity index (χ0) is 24.9. The minimum atomic E-state index is -3.35. The molecule has 2 aliphatic carbocycles. The van der Waals surface area contributed by atoms with Crippen LogP contribution in [0.4, 0.5) is 22.0 Å². The van der Waals surface area contributed by atoms with Crippen LogP contribution < -0.4 is 4.74 Å². The topological polar surface area (TPSA) is 9.23 Å². The fraction of sp³-hybridized carbons (Fsp3) is 0.586. The number of benzene rings is 2. The highest BCUT2D eigenvalue weighted by Gasteiger charge is 2.36. The van der Waals surface area contributed by atoms with Crippen LogP contribution in [0.25, 0.3) is 11.1 Å². The maximum atomic E-state index is 15.0. The van der Waals surface area contributed by atoms with Crippen LogP contribution in [0, 0.1) is 35.2 Å². The lowest BCUT2D eigenvalue weighted by Crippen LogP contribution is -2.30. The second-order valence-corrected chi connectivity index (χ2v) is 10.4. The van der Waals surface area contributed by atoms with Gasteiger partial charge in [-0.15, -0.1) is 0 Å².